The zero-order valence-electron chi connectivity index (χ0n) is 13.2. The number of allylic oxidation sites excluding steroid dienone is 3. The Labute approximate surface area is 114 Å². The summed E-state index contributed by atoms with van der Waals surface area (Å²) in [6.45, 7) is 15.6. The summed E-state index contributed by atoms with van der Waals surface area (Å²) in [5, 5.41) is 0. The number of rotatable bonds is 4. The van der Waals surface area contributed by atoms with Crippen LogP contribution in [0.3, 0.4) is 0 Å². The van der Waals surface area contributed by atoms with Gasteiger partial charge in [-0.3, -0.25) is 0 Å². The molecule has 1 heterocycles. The molecule has 1 aliphatic heterocycles. The summed E-state index contributed by atoms with van der Waals surface area (Å²) in [4.78, 5) is 2.49. The Morgan fingerprint density at radius 2 is 2.11 bits per heavy atom. The van der Waals surface area contributed by atoms with Gasteiger partial charge in [0, 0.05) is 24.2 Å². The van der Waals surface area contributed by atoms with Gasteiger partial charge in [-0.05, 0) is 45.6 Å². The van der Waals surface area contributed by atoms with Crippen LogP contribution >= 0.6 is 0 Å². The molecule has 1 fully saturated rings. The van der Waals surface area contributed by atoms with Crippen LogP contribution in [0.4, 0.5) is 0 Å². The standard InChI is InChI=1S/C17H31N/c1-8-9-10-15-14(4)12-17(5,6)18(7)16(15)11-13(2)3/h11,14-15H,2,8-10,12H2,1,3-7H3/b16-11-. The molecule has 104 valence electrons. The molecule has 1 aliphatic rings. The second-order valence-corrected chi connectivity index (χ2v) is 6.72. The molecule has 0 aromatic rings. The van der Waals surface area contributed by atoms with Gasteiger partial charge < -0.3 is 4.90 Å². The number of likely N-dealkylation sites (tertiary alicyclic amines) is 1. The smallest absolute Gasteiger partial charge is 0.0342 e. The maximum absolute atomic E-state index is 4.07. The molecule has 0 bridgehead atoms. The average molecular weight is 249 g/mol. The highest BCUT2D eigenvalue weighted by atomic mass is 15.2. The Bertz CT molecular complexity index is 325. The highest BCUT2D eigenvalue weighted by molar-refractivity contribution is 5.23. The summed E-state index contributed by atoms with van der Waals surface area (Å²) in [6, 6.07) is 0. The Hall–Kier alpha value is -0.720. The van der Waals surface area contributed by atoms with Gasteiger partial charge in [0.25, 0.3) is 0 Å². The van der Waals surface area contributed by atoms with E-state index in [1.54, 1.807) is 0 Å². The van der Waals surface area contributed by atoms with Crippen LogP contribution in [0.25, 0.3) is 0 Å². The number of nitrogens with zero attached hydrogens (tertiary/aromatic N) is 1. The van der Waals surface area contributed by atoms with E-state index in [-0.39, 0.29) is 5.54 Å². The predicted molar refractivity (Wildman–Crippen MR) is 81.5 cm³/mol. The lowest BCUT2D eigenvalue weighted by Gasteiger charge is -2.50. The summed E-state index contributed by atoms with van der Waals surface area (Å²) >= 11 is 0. The van der Waals surface area contributed by atoms with Crippen LogP contribution in [-0.2, 0) is 0 Å². The molecule has 0 saturated carbocycles. The summed E-state index contributed by atoms with van der Waals surface area (Å²) in [5.41, 5.74) is 2.94. The fraction of sp³-hybridized carbons (Fsp3) is 0.765. The summed E-state index contributed by atoms with van der Waals surface area (Å²) < 4.78 is 0. The van der Waals surface area contributed by atoms with Crippen molar-refractivity contribution in [3.63, 3.8) is 0 Å². The van der Waals surface area contributed by atoms with Gasteiger partial charge in [0.2, 0.25) is 0 Å². The van der Waals surface area contributed by atoms with E-state index in [0.29, 0.717) is 5.92 Å². The lowest BCUT2D eigenvalue weighted by atomic mass is 9.73. The molecule has 18 heavy (non-hydrogen) atoms. The predicted octanol–water partition coefficient (Wildman–Crippen LogP) is 5.00. The summed E-state index contributed by atoms with van der Waals surface area (Å²) in [5.74, 6) is 1.48. The fourth-order valence-electron chi connectivity index (χ4n) is 3.27. The van der Waals surface area contributed by atoms with Crippen LogP contribution in [0.2, 0.25) is 0 Å². The third-order valence-corrected chi connectivity index (χ3v) is 4.45. The Morgan fingerprint density at radius 1 is 1.50 bits per heavy atom. The maximum Gasteiger partial charge on any atom is 0.0342 e. The molecule has 1 nitrogen and oxygen atoms in total. The van der Waals surface area contributed by atoms with Gasteiger partial charge in [0.15, 0.2) is 0 Å². The molecule has 0 aliphatic carbocycles. The van der Waals surface area contributed by atoms with Crippen molar-refractivity contribution in [2.24, 2.45) is 11.8 Å². The highest BCUT2D eigenvalue weighted by Crippen LogP contribution is 2.42. The zero-order valence-corrected chi connectivity index (χ0v) is 13.2. The van der Waals surface area contributed by atoms with E-state index in [4.69, 9.17) is 0 Å². The van der Waals surface area contributed by atoms with Crippen molar-refractivity contribution in [1.82, 2.24) is 4.90 Å². The van der Waals surface area contributed by atoms with Crippen molar-refractivity contribution in [3.05, 3.63) is 23.9 Å². The van der Waals surface area contributed by atoms with Gasteiger partial charge in [0.05, 0.1) is 0 Å². The molecular weight excluding hydrogens is 218 g/mol. The van der Waals surface area contributed by atoms with Gasteiger partial charge in [-0.25, -0.2) is 0 Å². The van der Waals surface area contributed by atoms with Gasteiger partial charge in [-0.2, -0.15) is 0 Å². The molecule has 1 heteroatoms. The quantitative estimate of drug-likeness (QED) is 0.677. The van der Waals surface area contributed by atoms with Gasteiger partial charge in [0.1, 0.15) is 0 Å². The van der Waals surface area contributed by atoms with Crippen molar-refractivity contribution in [3.8, 4) is 0 Å². The van der Waals surface area contributed by atoms with E-state index in [2.05, 4.69) is 59.2 Å². The Morgan fingerprint density at radius 3 is 2.61 bits per heavy atom. The first kappa shape index (κ1) is 15.3. The van der Waals surface area contributed by atoms with Crippen LogP contribution in [-0.4, -0.2) is 17.5 Å². The van der Waals surface area contributed by atoms with Crippen LogP contribution in [0.15, 0.2) is 23.9 Å². The molecule has 2 unspecified atom stereocenters. The summed E-state index contributed by atoms with van der Waals surface area (Å²) in [6.07, 6.45) is 7.52. The van der Waals surface area contributed by atoms with Crippen LogP contribution in [0, 0.1) is 11.8 Å². The van der Waals surface area contributed by atoms with Gasteiger partial charge in [-0.15, -0.1) is 0 Å². The first-order chi connectivity index (χ1) is 8.29. The fourth-order valence-corrected chi connectivity index (χ4v) is 3.27. The number of piperidine rings is 1. The van der Waals surface area contributed by atoms with E-state index < -0.39 is 0 Å². The van der Waals surface area contributed by atoms with E-state index >= 15 is 0 Å². The van der Waals surface area contributed by atoms with Crippen molar-refractivity contribution in [2.75, 3.05) is 7.05 Å². The second-order valence-electron chi connectivity index (χ2n) is 6.72. The Balaban J connectivity index is 3.02. The van der Waals surface area contributed by atoms with Crippen LogP contribution in [0.5, 0.6) is 0 Å². The average Bonchev–Trinajstić information content (AvgIpc) is 2.24. The normalized spacial score (nSPS) is 29.7. The second kappa shape index (κ2) is 5.95. The minimum absolute atomic E-state index is 0.267. The van der Waals surface area contributed by atoms with Crippen molar-refractivity contribution in [1.29, 1.82) is 0 Å². The minimum Gasteiger partial charge on any atom is -0.373 e. The highest BCUT2D eigenvalue weighted by Gasteiger charge is 2.38. The molecule has 0 spiro atoms. The van der Waals surface area contributed by atoms with E-state index in [9.17, 15) is 0 Å². The topological polar surface area (TPSA) is 3.24 Å². The summed E-state index contributed by atoms with van der Waals surface area (Å²) in [7, 11) is 2.25. The monoisotopic (exact) mass is 249 g/mol. The molecule has 1 saturated heterocycles. The lowest BCUT2D eigenvalue weighted by Crippen LogP contribution is -2.49. The van der Waals surface area contributed by atoms with Gasteiger partial charge in [-0.1, -0.05) is 38.8 Å². The number of unbranched alkanes of at least 4 members (excludes halogenated alkanes) is 1. The number of hydrogen-bond donors (Lipinski definition) is 0. The van der Waals surface area contributed by atoms with Crippen molar-refractivity contribution < 1.29 is 0 Å². The van der Waals surface area contributed by atoms with Crippen LogP contribution in [0.1, 0.15) is 60.3 Å². The maximum atomic E-state index is 4.07. The zero-order chi connectivity index (χ0) is 13.9. The Kier molecular flexibility index (Phi) is 5.07. The molecule has 0 N–H and O–H groups in total. The first-order valence-electron chi connectivity index (χ1n) is 7.40. The largest absolute Gasteiger partial charge is 0.373 e. The number of hydrogen-bond acceptors (Lipinski definition) is 1. The minimum atomic E-state index is 0.267. The van der Waals surface area contributed by atoms with E-state index in [1.165, 1.54) is 37.0 Å². The SMILES string of the molecule is C=C(C)/C=C1/C(CCCC)C(C)CC(C)(C)N1C. The lowest BCUT2D eigenvalue weighted by molar-refractivity contribution is 0.0779. The van der Waals surface area contributed by atoms with E-state index in [1.807, 2.05) is 0 Å². The van der Waals surface area contributed by atoms with Gasteiger partial charge >= 0.3 is 0 Å². The third kappa shape index (κ3) is 3.40. The third-order valence-electron chi connectivity index (χ3n) is 4.45. The van der Waals surface area contributed by atoms with Crippen LogP contribution < -0.4 is 0 Å². The van der Waals surface area contributed by atoms with Crippen molar-refractivity contribution >= 4 is 0 Å². The molecule has 0 aromatic carbocycles. The molecule has 0 amide bonds. The van der Waals surface area contributed by atoms with E-state index in [0.717, 1.165) is 5.92 Å². The molecule has 0 aromatic heterocycles. The molecule has 0 radical (unpaired) electrons. The molecule has 2 atom stereocenters. The molecular formula is C17H31N. The van der Waals surface area contributed by atoms with Crippen molar-refractivity contribution in [2.45, 2.75) is 65.8 Å². The first-order valence-corrected chi connectivity index (χ1v) is 7.40. The molecule has 1 rings (SSSR count).